The van der Waals surface area contributed by atoms with E-state index in [1.165, 1.54) is 26.6 Å². The van der Waals surface area contributed by atoms with Crippen LogP contribution >= 0.6 is 11.3 Å². The SMILES string of the molecule is COc1ncnc(OC)c1C(=O)Nc1nc2c(s1)C1(CCOC1)Oc1cc(C(F)(F)F)ccc1-2. The van der Waals surface area contributed by atoms with E-state index in [9.17, 15) is 18.0 Å². The predicted molar refractivity (Wildman–Crippen MR) is 113 cm³/mol. The number of halogens is 3. The van der Waals surface area contributed by atoms with Crippen LogP contribution in [-0.4, -0.2) is 48.3 Å². The summed E-state index contributed by atoms with van der Waals surface area (Å²) in [6.45, 7) is 0.530. The van der Waals surface area contributed by atoms with Gasteiger partial charge in [0.05, 0.1) is 43.6 Å². The Morgan fingerprint density at radius 3 is 2.56 bits per heavy atom. The van der Waals surface area contributed by atoms with E-state index in [0.717, 1.165) is 23.5 Å². The maximum atomic E-state index is 13.3. The van der Waals surface area contributed by atoms with Gasteiger partial charge in [-0.1, -0.05) is 11.3 Å². The molecule has 178 valence electrons. The van der Waals surface area contributed by atoms with Gasteiger partial charge < -0.3 is 18.9 Å². The topological polar surface area (TPSA) is 105 Å². The second kappa shape index (κ2) is 8.09. The van der Waals surface area contributed by atoms with E-state index >= 15 is 0 Å². The number of hydrogen-bond donors (Lipinski definition) is 1. The molecule has 1 fully saturated rings. The van der Waals surface area contributed by atoms with Gasteiger partial charge in [0.15, 0.2) is 16.3 Å². The largest absolute Gasteiger partial charge is 0.480 e. The van der Waals surface area contributed by atoms with Crippen molar-refractivity contribution in [1.82, 2.24) is 15.0 Å². The number of fused-ring (bicyclic) bond motifs is 4. The molecule has 0 aliphatic carbocycles. The molecule has 2 aliphatic heterocycles. The second-order valence-electron chi connectivity index (χ2n) is 7.53. The number of rotatable bonds is 4. The molecule has 4 heterocycles. The van der Waals surface area contributed by atoms with Gasteiger partial charge >= 0.3 is 6.18 Å². The van der Waals surface area contributed by atoms with Gasteiger partial charge in [0, 0.05) is 12.0 Å². The van der Waals surface area contributed by atoms with Gasteiger partial charge in [-0.2, -0.15) is 13.2 Å². The molecule has 0 bridgehead atoms. The number of methoxy groups -OCH3 is 2. The third kappa shape index (κ3) is 3.60. The molecule has 1 atom stereocenters. The van der Waals surface area contributed by atoms with Gasteiger partial charge in [0.2, 0.25) is 11.8 Å². The van der Waals surface area contributed by atoms with E-state index in [2.05, 4.69) is 20.3 Å². The van der Waals surface area contributed by atoms with Crippen LogP contribution in [0.2, 0.25) is 0 Å². The Bertz CT molecular complexity index is 1250. The third-order valence-electron chi connectivity index (χ3n) is 5.51. The number of carbonyl (C=O) groups is 1. The summed E-state index contributed by atoms with van der Waals surface area (Å²) in [5.74, 6) is -0.527. The van der Waals surface area contributed by atoms with E-state index in [1.807, 2.05) is 0 Å². The molecule has 2 aliphatic rings. The highest BCUT2D eigenvalue weighted by Crippen LogP contribution is 2.52. The van der Waals surface area contributed by atoms with Gasteiger partial charge in [-0.25, -0.2) is 15.0 Å². The van der Waals surface area contributed by atoms with Crippen LogP contribution in [0.15, 0.2) is 24.5 Å². The van der Waals surface area contributed by atoms with Gasteiger partial charge in [0.25, 0.3) is 5.91 Å². The van der Waals surface area contributed by atoms with Crippen molar-refractivity contribution in [3.05, 3.63) is 40.5 Å². The summed E-state index contributed by atoms with van der Waals surface area (Å²) in [5, 5.41) is 2.90. The maximum Gasteiger partial charge on any atom is 0.416 e. The fourth-order valence-electron chi connectivity index (χ4n) is 3.92. The van der Waals surface area contributed by atoms with E-state index in [-0.39, 0.29) is 34.8 Å². The molecule has 1 N–H and O–H groups in total. The molecule has 1 aromatic carbocycles. The molecule has 2 aromatic heterocycles. The summed E-state index contributed by atoms with van der Waals surface area (Å²) in [6, 6.07) is 3.26. The lowest BCUT2D eigenvalue weighted by molar-refractivity contribution is -0.137. The number of carbonyl (C=O) groups excluding carboxylic acids is 1. The number of aromatic nitrogens is 3. The Morgan fingerprint density at radius 2 is 1.94 bits per heavy atom. The van der Waals surface area contributed by atoms with Crippen LogP contribution in [0.25, 0.3) is 11.3 Å². The molecule has 0 saturated carbocycles. The fraction of sp³-hybridized carbons (Fsp3) is 0.333. The van der Waals surface area contributed by atoms with Gasteiger partial charge in [-0.05, 0) is 18.2 Å². The monoisotopic (exact) mass is 494 g/mol. The van der Waals surface area contributed by atoms with Crippen molar-refractivity contribution in [3.63, 3.8) is 0 Å². The minimum atomic E-state index is -4.52. The van der Waals surface area contributed by atoms with E-state index in [0.29, 0.717) is 29.2 Å². The number of anilines is 1. The highest BCUT2D eigenvalue weighted by Gasteiger charge is 2.47. The van der Waals surface area contributed by atoms with E-state index in [4.69, 9.17) is 18.9 Å². The van der Waals surface area contributed by atoms with Gasteiger partial charge in [-0.3, -0.25) is 10.1 Å². The van der Waals surface area contributed by atoms with Crippen LogP contribution in [0.3, 0.4) is 0 Å². The Balaban J connectivity index is 1.56. The van der Waals surface area contributed by atoms with Crippen molar-refractivity contribution in [2.45, 2.75) is 18.2 Å². The van der Waals surface area contributed by atoms with Crippen molar-refractivity contribution in [1.29, 1.82) is 0 Å². The predicted octanol–water partition coefficient (Wildman–Crippen LogP) is 3.90. The lowest BCUT2D eigenvalue weighted by Gasteiger charge is -2.33. The average molecular weight is 494 g/mol. The van der Waals surface area contributed by atoms with Crippen LogP contribution < -0.4 is 19.5 Å². The molecule has 5 rings (SSSR count). The highest BCUT2D eigenvalue weighted by atomic mass is 32.1. The minimum absolute atomic E-state index is 0.0136. The van der Waals surface area contributed by atoms with E-state index in [1.54, 1.807) is 0 Å². The van der Waals surface area contributed by atoms with Crippen molar-refractivity contribution >= 4 is 22.4 Å². The Hall–Kier alpha value is -3.45. The second-order valence-corrected chi connectivity index (χ2v) is 8.52. The molecule has 3 aromatic rings. The smallest absolute Gasteiger partial charge is 0.416 e. The summed E-state index contributed by atoms with van der Waals surface area (Å²) >= 11 is 1.16. The van der Waals surface area contributed by atoms with Crippen molar-refractivity contribution in [2.75, 3.05) is 32.8 Å². The van der Waals surface area contributed by atoms with Gasteiger partial charge in [-0.15, -0.1) is 0 Å². The first kappa shape index (κ1) is 22.3. The molecule has 1 spiro atoms. The molecule has 1 saturated heterocycles. The first-order valence-electron chi connectivity index (χ1n) is 10.00. The molecular formula is C21H17F3N4O5S. The quantitative estimate of drug-likeness (QED) is 0.583. The number of ether oxygens (including phenoxy) is 4. The number of nitrogens with zero attached hydrogens (tertiary/aromatic N) is 3. The Morgan fingerprint density at radius 1 is 1.21 bits per heavy atom. The molecule has 1 amide bonds. The number of alkyl halides is 3. The Labute approximate surface area is 194 Å². The number of benzene rings is 1. The lowest BCUT2D eigenvalue weighted by atomic mass is 9.92. The van der Waals surface area contributed by atoms with Crippen LogP contribution in [0.5, 0.6) is 17.5 Å². The minimum Gasteiger partial charge on any atom is -0.480 e. The molecule has 34 heavy (non-hydrogen) atoms. The van der Waals surface area contributed by atoms with Crippen molar-refractivity contribution in [2.24, 2.45) is 0 Å². The number of nitrogens with one attached hydrogen (secondary N) is 1. The summed E-state index contributed by atoms with van der Waals surface area (Å²) in [7, 11) is 2.71. The fourth-order valence-corrected chi connectivity index (χ4v) is 5.04. The molecule has 13 heteroatoms. The number of amides is 1. The zero-order chi connectivity index (χ0) is 24.1. The Kier molecular flexibility index (Phi) is 5.32. The van der Waals surface area contributed by atoms with Gasteiger partial charge in [0.1, 0.15) is 12.1 Å². The normalized spacial score (nSPS) is 18.7. The first-order valence-corrected chi connectivity index (χ1v) is 10.8. The average Bonchev–Trinajstić information content (AvgIpc) is 3.45. The molecular weight excluding hydrogens is 477 g/mol. The third-order valence-corrected chi connectivity index (χ3v) is 6.66. The summed E-state index contributed by atoms with van der Waals surface area (Å²) in [5.41, 5.74) is -1.00. The summed E-state index contributed by atoms with van der Waals surface area (Å²) in [4.78, 5) is 26.1. The molecule has 9 nitrogen and oxygen atoms in total. The zero-order valence-corrected chi connectivity index (χ0v) is 18.7. The number of hydrogen-bond acceptors (Lipinski definition) is 9. The zero-order valence-electron chi connectivity index (χ0n) is 17.9. The standard InChI is InChI=1S/C21H17F3N4O5S/c1-30-17-13(18(31-2)26-9-25-17)16(29)28-19-27-14-11-4-3-10(21(22,23)24)7-12(11)33-20(15(14)34-19)5-6-32-8-20/h3-4,7,9H,5-6,8H2,1-2H3,(H,27,28,29). The van der Waals surface area contributed by atoms with Crippen LogP contribution in [0.1, 0.15) is 27.2 Å². The summed E-state index contributed by atoms with van der Waals surface area (Å²) < 4.78 is 61.8. The van der Waals surface area contributed by atoms with Crippen LogP contribution in [0, 0.1) is 0 Å². The van der Waals surface area contributed by atoms with E-state index < -0.39 is 23.2 Å². The summed E-state index contributed by atoms with van der Waals surface area (Å²) in [6.07, 6.45) is -2.89. The highest BCUT2D eigenvalue weighted by molar-refractivity contribution is 7.16. The van der Waals surface area contributed by atoms with Crippen LogP contribution in [0.4, 0.5) is 18.3 Å². The van der Waals surface area contributed by atoms with Crippen molar-refractivity contribution in [3.8, 4) is 28.8 Å². The first-order chi connectivity index (χ1) is 16.3. The number of thiazole rings is 1. The van der Waals surface area contributed by atoms with Crippen molar-refractivity contribution < 1.29 is 36.9 Å². The maximum absolute atomic E-state index is 13.3. The molecule has 0 radical (unpaired) electrons. The molecule has 1 unspecified atom stereocenters. The van der Waals surface area contributed by atoms with Crippen LogP contribution in [-0.2, 0) is 16.5 Å². The lowest BCUT2D eigenvalue weighted by Crippen LogP contribution is -2.35.